The van der Waals surface area contributed by atoms with Crippen molar-refractivity contribution in [2.75, 3.05) is 13.6 Å². The molecule has 0 spiro atoms. The maximum absolute atomic E-state index is 4.64. The zero-order chi connectivity index (χ0) is 15.6. The van der Waals surface area contributed by atoms with Gasteiger partial charge in [0, 0.05) is 36.6 Å². The van der Waals surface area contributed by atoms with Gasteiger partial charge in [0.2, 0.25) is 0 Å². The Morgan fingerprint density at radius 1 is 1.24 bits per heavy atom. The molecule has 1 aromatic heterocycles. The molecule has 0 saturated carbocycles. The van der Waals surface area contributed by atoms with Crippen LogP contribution in [0.5, 0.6) is 0 Å². The molecule has 0 aromatic carbocycles. The number of aromatic nitrogens is 1. The predicted octanol–water partition coefficient (Wildman–Crippen LogP) is 4.68. The van der Waals surface area contributed by atoms with E-state index in [1.165, 1.54) is 28.0 Å². The highest BCUT2D eigenvalue weighted by atomic mass is 15.1. The van der Waals surface area contributed by atoms with Crippen molar-refractivity contribution in [3.8, 4) is 0 Å². The Labute approximate surface area is 128 Å². The lowest BCUT2D eigenvalue weighted by Crippen LogP contribution is -2.22. The summed E-state index contributed by atoms with van der Waals surface area (Å²) in [4.78, 5) is 6.94. The largest absolute Gasteiger partial charge is 0.374 e. The van der Waals surface area contributed by atoms with Crippen molar-refractivity contribution in [1.29, 1.82) is 0 Å². The molecule has 112 valence electrons. The minimum absolute atomic E-state index is 0.549. The standard InChI is InChI=1S/C19H26N2/c1-13(2)7-8-19-15(4)10-17(11-20-19)18-9-14(3)12-21(6)16(18)5/h7-11,13H,12H2,1-6H3/b8-7-. The Morgan fingerprint density at radius 3 is 2.57 bits per heavy atom. The van der Waals surface area contributed by atoms with Crippen molar-refractivity contribution in [2.24, 2.45) is 5.92 Å². The first kappa shape index (κ1) is 15.6. The van der Waals surface area contributed by atoms with Gasteiger partial charge in [0.15, 0.2) is 0 Å². The summed E-state index contributed by atoms with van der Waals surface area (Å²) in [5, 5.41) is 0. The van der Waals surface area contributed by atoms with Gasteiger partial charge in [0.1, 0.15) is 0 Å². The van der Waals surface area contributed by atoms with Crippen LogP contribution in [0.2, 0.25) is 0 Å². The SMILES string of the molecule is CC1=CC(c2cnc(/C=C\C(C)C)c(C)c2)=C(C)N(C)C1. The van der Waals surface area contributed by atoms with Crippen LogP contribution in [0, 0.1) is 12.8 Å². The Morgan fingerprint density at radius 2 is 1.95 bits per heavy atom. The van der Waals surface area contributed by atoms with Crippen LogP contribution in [-0.4, -0.2) is 23.5 Å². The van der Waals surface area contributed by atoms with E-state index in [1.54, 1.807) is 0 Å². The van der Waals surface area contributed by atoms with Crippen LogP contribution in [0.3, 0.4) is 0 Å². The van der Waals surface area contributed by atoms with Crippen LogP contribution in [0.1, 0.15) is 44.5 Å². The molecule has 1 aliphatic heterocycles. The van der Waals surface area contributed by atoms with E-state index in [9.17, 15) is 0 Å². The average Bonchev–Trinajstić information content (AvgIpc) is 2.41. The molecule has 0 amide bonds. The summed E-state index contributed by atoms with van der Waals surface area (Å²) >= 11 is 0. The van der Waals surface area contributed by atoms with Crippen molar-refractivity contribution < 1.29 is 0 Å². The van der Waals surface area contributed by atoms with E-state index >= 15 is 0 Å². The third kappa shape index (κ3) is 3.63. The number of aryl methyl sites for hydroxylation is 1. The van der Waals surface area contributed by atoms with E-state index in [0.717, 1.165) is 12.2 Å². The maximum atomic E-state index is 4.64. The first-order valence-electron chi connectivity index (χ1n) is 7.63. The first-order valence-corrected chi connectivity index (χ1v) is 7.63. The molecular weight excluding hydrogens is 256 g/mol. The molecule has 1 aromatic rings. The molecule has 2 heterocycles. The second kappa shape index (κ2) is 6.30. The highest BCUT2D eigenvalue weighted by molar-refractivity contribution is 5.78. The number of allylic oxidation sites excluding steroid dienone is 4. The smallest absolute Gasteiger partial charge is 0.0656 e. The zero-order valence-corrected chi connectivity index (χ0v) is 14.1. The second-order valence-electron chi connectivity index (χ2n) is 6.38. The van der Waals surface area contributed by atoms with Gasteiger partial charge in [0.25, 0.3) is 0 Å². The van der Waals surface area contributed by atoms with Crippen LogP contribution in [-0.2, 0) is 0 Å². The second-order valence-corrected chi connectivity index (χ2v) is 6.38. The summed E-state index contributed by atoms with van der Waals surface area (Å²) in [6, 6.07) is 2.24. The Hall–Kier alpha value is -1.83. The van der Waals surface area contributed by atoms with Gasteiger partial charge in [-0.2, -0.15) is 0 Å². The fraction of sp³-hybridized carbons (Fsp3) is 0.421. The highest BCUT2D eigenvalue weighted by Gasteiger charge is 2.14. The van der Waals surface area contributed by atoms with Crippen molar-refractivity contribution in [3.05, 3.63) is 52.5 Å². The fourth-order valence-corrected chi connectivity index (χ4v) is 2.58. The minimum Gasteiger partial charge on any atom is -0.374 e. The number of pyridine rings is 1. The van der Waals surface area contributed by atoms with Gasteiger partial charge in [0.05, 0.1) is 5.69 Å². The molecule has 0 fully saturated rings. The Balaban J connectivity index is 2.39. The van der Waals surface area contributed by atoms with Gasteiger partial charge in [-0.05, 0) is 44.4 Å². The topological polar surface area (TPSA) is 16.1 Å². The lowest BCUT2D eigenvalue weighted by molar-refractivity contribution is 0.451. The highest BCUT2D eigenvalue weighted by Crippen LogP contribution is 2.28. The summed E-state index contributed by atoms with van der Waals surface area (Å²) in [5.41, 5.74) is 7.49. The predicted molar refractivity (Wildman–Crippen MR) is 91.8 cm³/mol. The maximum Gasteiger partial charge on any atom is 0.0656 e. The van der Waals surface area contributed by atoms with Crippen LogP contribution < -0.4 is 0 Å². The quantitative estimate of drug-likeness (QED) is 0.800. The summed E-state index contributed by atoms with van der Waals surface area (Å²) < 4.78 is 0. The number of likely N-dealkylation sites (N-methyl/N-ethyl adjacent to an activating group) is 1. The molecule has 2 rings (SSSR count). The van der Waals surface area contributed by atoms with Crippen molar-refractivity contribution >= 4 is 11.6 Å². The number of hydrogen-bond donors (Lipinski definition) is 0. The molecule has 0 bridgehead atoms. The van der Waals surface area contributed by atoms with Crippen LogP contribution in [0.15, 0.2) is 35.7 Å². The van der Waals surface area contributed by atoms with Crippen molar-refractivity contribution in [1.82, 2.24) is 9.88 Å². The van der Waals surface area contributed by atoms with Gasteiger partial charge in [-0.15, -0.1) is 0 Å². The van der Waals surface area contributed by atoms with Gasteiger partial charge < -0.3 is 4.90 Å². The van der Waals surface area contributed by atoms with E-state index in [4.69, 9.17) is 0 Å². The van der Waals surface area contributed by atoms with Crippen LogP contribution in [0.25, 0.3) is 11.6 Å². The normalized spacial score (nSPS) is 16.1. The molecule has 21 heavy (non-hydrogen) atoms. The summed E-state index contributed by atoms with van der Waals surface area (Å²) in [6.07, 6.45) is 8.60. The monoisotopic (exact) mass is 282 g/mol. The number of hydrogen-bond acceptors (Lipinski definition) is 2. The molecule has 2 heteroatoms. The van der Waals surface area contributed by atoms with Crippen molar-refractivity contribution in [2.45, 2.75) is 34.6 Å². The summed E-state index contributed by atoms with van der Waals surface area (Å²) in [7, 11) is 2.14. The molecular formula is C19H26N2. The van der Waals surface area contributed by atoms with Gasteiger partial charge in [-0.1, -0.05) is 31.6 Å². The van der Waals surface area contributed by atoms with E-state index < -0.39 is 0 Å². The summed E-state index contributed by atoms with van der Waals surface area (Å²) in [6.45, 7) is 11.9. The summed E-state index contributed by atoms with van der Waals surface area (Å²) in [5.74, 6) is 0.549. The molecule has 0 N–H and O–H groups in total. The molecule has 0 radical (unpaired) electrons. The third-order valence-corrected chi connectivity index (χ3v) is 3.91. The van der Waals surface area contributed by atoms with E-state index in [0.29, 0.717) is 5.92 Å². The van der Waals surface area contributed by atoms with Gasteiger partial charge in [-0.3, -0.25) is 4.98 Å². The third-order valence-electron chi connectivity index (χ3n) is 3.91. The lowest BCUT2D eigenvalue weighted by Gasteiger charge is -2.27. The Kier molecular flexibility index (Phi) is 4.66. The molecule has 0 unspecified atom stereocenters. The Bertz CT molecular complexity index is 618. The van der Waals surface area contributed by atoms with Gasteiger partial charge in [-0.25, -0.2) is 0 Å². The van der Waals surface area contributed by atoms with Crippen LogP contribution in [0.4, 0.5) is 0 Å². The minimum atomic E-state index is 0.549. The zero-order valence-electron chi connectivity index (χ0n) is 14.1. The molecule has 0 aliphatic carbocycles. The van der Waals surface area contributed by atoms with Gasteiger partial charge >= 0.3 is 0 Å². The van der Waals surface area contributed by atoms with Crippen LogP contribution >= 0.6 is 0 Å². The average molecular weight is 282 g/mol. The van der Waals surface area contributed by atoms with E-state index in [1.807, 2.05) is 6.20 Å². The molecule has 1 aliphatic rings. The number of nitrogens with zero attached hydrogens (tertiary/aromatic N) is 2. The van der Waals surface area contributed by atoms with E-state index in [2.05, 4.69) is 75.8 Å². The first-order chi connectivity index (χ1) is 9.88. The molecule has 0 atom stereocenters. The molecule has 2 nitrogen and oxygen atoms in total. The number of rotatable bonds is 3. The van der Waals surface area contributed by atoms with E-state index in [-0.39, 0.29) is 0 Å². The van der Waals surface area contributed by atoms with Crippen molar-refractivity contribution in [3.63, 3.8) is 0 Å². The lowest BCUT2D eigenvalue weighted by atomic mass is 9.97. The fourth-order valence-electron chi connectivity index (χ4n) is 2.58. The molecule has 0 saturated heterocycles.